The number of hydrogen-bond acceptors (Lipinski definition) is 3. The molecule has 0 saturated heterocycles. The number of rotatable bonds is 4. The Balaban J connectivity index is 3.15. The van der Waals surface area contributed by atoms with Gasteiger partial charge in [0.2, 0.25) is 0 Å². The van der Waals surface area contributed by atoms with Crippen LogP contribution in [0.1, 0.15) is 5.56 Å². The van der Waals surface area contributed by atoms with Gasteiger partial charge in [0.25, 0.3) is 0 Å². The summed E-state index contributed by atoms with van der Waals surface area (Å²) in [6.07, 6.45) is 0. The first-order chi connectivity index (χ1) is 6.68. The second-order valence-electron chi connectivity index (χ2n) is 3.05. The van der Waals surface area contributed by atoms with Crippen LogP contribution in [0.25, 0.3) is 0 Å². The monoisotopic (exact) mass is 212 g/mol. The van der Waals surface area contributed by atoms with E-state index in [0.717, 1.165) is 21.6 Å². The molecular weight excluding hydrogens is 196 g/mol. The van der Waals surface area contributed by atoms with Crippen molar-refractivity contribution in [3.63, 3.8) is 0 Å². The van der Waals surface area contributed by atoms with Gasteiger partial charge in [-0.15, -0.1) is 0 Å². The van der Waals surface area contributed by atoms with Crippen LogP contribution < -0.4 is 4.74 Å². The fraction of sp³-hybridized carbons (Fsp3) is 0.400. The molecule has 0 atom stereocenters. The molecule has 1 rings (SSSR count). The topological polar surface area (TPSA) is 27.7 Å². The fourth-order valence-electron chi connectivity index (χ4n) is 1.32. The van der Waals surface area contributed by atoms with E-state index in [1.165, 1.54) is 0 Å². The van der Waals surface area contributed by atoms with E-state index in [4.69, 9.17) is 14.2 Å². The van der Waals surface area contributed by atoms with Gasteiger partial charge in [0.1, 0.15) is 5.75 Å². The summed E-state index contributed by atoms with van der Waals surface area (Å²) in [5, 5.41) is 0. The van der Waals surface area contributed by atoms with E-state index < -0.39 is 5.41 Å². The van der Waals surface area contributed by atoms with Crippen LogP contribution in [-0.4, -0.2) is 31.6 Å². The van der Waals surface area contributed by atoms with E-state index in [-0.39, 0.29) is 0 Å². The van der Waals surface area contributed by atoms with Gasteiger partial charge in [-0.2, -0.15) is 0 Å². The molecule has 0 aliphatic carbocycles. The maximum atomic E-state index is 5.38. The Kier molecular flexibility index (Phi) is 3.68. The van der Waals surface area contributed by atoms with E-state index in [2.05, 4.69) is 0 Å². The van der Waals surface area contributed by atoms with Crippen molar-refractivity contribution in [2.24, 2.45) is 0 Å². The van der Waals surface area contributed by atoms with Gasteiger partial charge in [0, 0.05) is 19.8 Å². The van der Waals surface area contributed by atoms with Crippen LogP contribution in [0.5, 0.6) is 5.75 Å². The van der Waals surface area contributed by atoms with Crippen molar-refractivity contribution in [2.75, 3.05) is 21.3 Å². The molecule has 0 bridgehead atoms. The van der Waals surface area contributed by atoms with Crippen LogP contribution in [0.15, 0.2) is 24.3 Å². The van der Waals surface area contributed by atoms with Crippen molar-refractivity contribution in [2.45, 2.75) is 5.41 Å². The van der Waals surface area contributed by atoms with Gasteiger partial charge in [0.05, 0.1) is 17.4 Å². The Hall–Kier alpha value is -0.843. The van der Waals surface area contributed by atoms with E-state index in [0.29, 0.717) is 0 Å². The summed E-state index contributed by atoms with van der Waals surface area (Å²) in [7, 11) is 5.66. The molecule has 1 aromatic rings. The standard InChI is InChI=1S/C10H16O3Si/c1-11-9-7-5-4-6-8(9)10(14,12-2)13-3/h4-7H,1-3,14H3. The van der Waals surface area contributed by atoms with Crippen molar-refractivity contribution >= 4 is 10.2 Å². The highest BCUT2D eigenvalue weighted by atomic mass is 28.1. The number of benzene rings is 1. The van der Waals surface area contributed by atoms with Gasteiger partial charge >= 0.3 is 0 Å². The van der Waals surface area contributed by atoms with Crippen LogP contribution in [0, 0.1) is 0 Å². The summed E-state index contributed by atoms with van der Waals surface area (Å²) in [4.78, 5) is 0. The third kappa shape index (κ3) is 1.97. The van der Waals surface area contributed by atoms with Crippen LogP contribution in [0.4, 0.5) is 0 Å². The van der Waals surface area contributed by atoms with E-state index in [9.17, 15) is 0 Å². The zero-order valence-electron chi connectivity index (χ0n) is 9.03. The molecule has 14 heavy (non-hydrogen) atoms. The Morgan fingerprint density at radius 2 is 1.64 bits per heavy atom. The maximum Gasteiger partial charge on any atom is 0.168 e. The molecule has 0 aliphatic heterocycles. The lowest BCUT2D eigenvalue weighted by atomic mass is 10.2. The van der Waals surface area contributed by atoms with Crippen molar-refractivity contribution in [3.05, 3.63) is 29.8 Å². The van der Waals surface area contributed by atoms with Crippen molar-refractivity contribution in [1.82, 2.24) is 0 Å². The van der Waals surface area contributed by atoms with Crippen LogP contribution in [-0.2, 0) is 14.9 Å². The van der Waals surface area contributed by atoms with Crippen molar-refractivity contribution in [3.8, 4) is 5.75 Å². The molecule has 0 radical (unpaired) electrons. The Bertz CT molecular complexity index is 297. The van der Waals surface area contributed by atoms with Crippen molar-refractivity contribution < 1.29 is 14.2 Å². The Morgan fingerprint density at radius 3 is 2.14 bits per heavy atom. The predicted molar refractivity (Wildman–Crippen MR) is 58.6 cm³/mol. The summed E-state index contributed by atoms with van der Waals surface area (Å²) in [5.74, 6) is 0.797. The molecule has 1 aromatic carbocycles. The lowest BCUT2D eigenvalue weighted by molar-refractivity contribution is -0.149. The molecule has 0 unspecified atom stereocenters. The first kappa shape index (κ1) is 11.2. The van der Waals surface area contributed by atoms with Crippen molar-refractivity contribution in [1.29, 1.82) is 0 Å². The molecule has 0 aromatic heterocycles. The molecule has 0 fully saturated rings. The molecule has 3 nitrogen and oxygen atoms in total. The van der Waals surface area contributed by atoms with E-state index in [1.807, 2.05) is 24.3 Å². The summed E-state index contributed by atoms with van der Waals surface area (Å²) in [5.41, 5.74) is 0.325. The van der Waals surface area contributed by atoms with Gasteiger partial charge < -0.3 is 14.2 Å². The number of methoxy groups -OCH3 is 3. The molecule has 0 amide bonds. The lowest BCUT2D eigenvalue weighted by Crippen LogP contribution is -2.31. The van der Waals surface area contributed by atoms with Crippen LogP contribution in [0.2, 0.25) is 0 Å². The van der Waals surface area contributed by atoms with Crippen LogP contribution >= 0.6 is 0 Å². The van der Waals surface area contributed by atoms with Gasteiger partial charge in [-0.1, -0.05) is 18.2 Å². The van der Waals surface area contributed by atoms with E-state index >= 15 is 0 Å². The number of ether oxygens (including phenoxy) is 3. The Labute approximate surface area is 87.4 Å². The quantitative estimate of drug-likeness (QED) is 0.536. The zero-order chi connectivity index (χ0) is 10.6. The van der Waals surface area contributed by atoms with Gasteiger partial charge in [0.15, 0.2) is 5.41 Å². The largest absolute Gasteiger partial charge is 0.496 e. The first-order valence-corrected chi connectivity index (χ1v) is 5.41. The molecule has 0 heterocycles. The van der Waals surface area contributed by atoms with Crippen LogP contribution in [0.3, 0.4) is 0 Å². The SMILES string of the molecule is COc1ccccc1C([SiH3])(OC)OC. The molecule has 78 valence electrons. The normalized spacial score (nSPS) is 11.6. The molecule has 0 aliphatic rings. The van der Waals surface area contributed by atoms with Gasteiger partial charge in [-0.3, -0.25) is 0 Å². The fourth-order valence-corrected chi connectivity index (χ4v) is 1.74. The van der Waals surface area contributed by atoms with E-state index in [1.54, 1.807) is 21.3 Å². The average Bonchev–Trinajstić information content (AvgIpc) is 2.28. The maximum absolute atomic E-state index is 5.38. The minimum atomic E-state index is -0.618. The molecule has 0 saturated carbocycles. The van der Waals surface area contributed by atoms with Gasteiger partial charge in [-0.25, -0.2) is 0 Å². The molecule has 0 spiro atoms. The zero-order valence-corrected chi connectivity index (χ0v) is 11.0. The second-order valence-corrected chi connectivity index (χ2v) is 4.37. The first-order valence-electron chi connectivity index (χ1n) is 4.41. The predicted octanol–water partition coefficient (Wildman–Crippen LogP) is 0.464. The third-order valence-electron chi connectivity index (χ3n) is 2.38. The summed E-state index contributed by atoms with van der Waals surface area (Å²) in [6, 6.07) is 7.73. The summed E-state index contributed by atoms with van der Waals surface area (Å²) < 4.78 is 16.0. The average molecular weight is 212 g/mol. The highest BCUT2D eigenvalue weighted by molar-refractivity contribution is 6.14. The summed E-state index contributed by atoms with van der Waals surface area (Å²) in [6.45, 7) is 0. The minimum Gasteiger partial charge on any atom is -0.496 e. The second kappa shape index (κ2) is 4.59. The molecular formula is C10H16O3Si. The Morgan fingerprint density at radius 1 is 1.07 bits per heavy atom. The highest BCUT2D eigenvalue weighted by Crippen LogP contribution is 2.30. The number of para-hydroxylation sites is 1. The number of hydrogen-bond donors (Lipinski definition) is 0. The minimum absolute atomic E-state index is 0.618. The smallest absolute Gasteiger partial charge is 0.168 e. The third-order valence-corrected chi connectivity index (χ3v) is 3.73. The lowest BCUT2D eigenvalue weighted by Gasteiger charge is -2.28. The molecule has 0 N–H and O–H groups in total. The highest BCUT2D eigenvalue weighted by Gasteiger charge is 2.28. The summed E-state index contributed by atoms with van der Waals surface area (Å²) >= 11 is 0. The molecule has 4 heteroatoms. The van der Waals surface area contributed by atoms with Gasteiger partial charge in [-0.05, 0) is 6.07 Å².